The molecule has 3 rings (SSSR count). The molecule has 28 heavy (non-hydrogen) atoms. The largest absolute Gasteiger partial charge is 0.364 e. The second-order valence-corrected chi connectivity index (χ2v) is 7.08. The summed E-state index contributed by atoms with van der Waals surface area (Å²) >= 11 is 1.35. The summed E-state index contributed by atoms with van der Waals surface area (Å²) in [5.41, 5.74) is 3.40. The van der Waals surface area contributed by atoms with Crippen molar-refractivity contribution in [2.45, 2.75) is 26.6 Å². The Morgan fingerprint density at radius 2 is 1.79 bits per heavy atom. The van der Waals surface area contributed by atoms with Crippen LogP contribution in [-0.2, 0) is 20.9 Å². The number of thiazole rings is 1. The van der Waals surface area contributed by atoms with Gasteiger partial charge in [0, 0.05) is 23.6 Å². The first-order valence-corrected chi connectivity index (χ1v) is 9.69. The van der Waals surface area contributed by atoms with Crippen LogP contribution in [0.25, 0.3) is 11.3 Å². The van der Waals surface area contributed by atoms with Crippen molar-refractivity contribution in [3.05, 3.63) is 65.5 Å². The Balaban J connectivity index is 1.56. The predicted octanol–water partition coefficient (Wildman–Crippen LogP) is 4.31. The maximum Gasteiger partial charge on any atom is 0.255 e. The number of anilines is 2. The number of carbonyl (C=O) groups excluding carboxylic acids is 2. The second kappa shape index (κ2) is 9.25. The lowest BCUT2D eigenvalue weighted by Gasteiger charge is -2.12. The number of aromatic nitrogens is 1. The maximum absolute atomic E-state index is 12.3. The molecule has 1 heterocycles. The zero-order chi connectivity index (χ0) is 19.9. The van der Waals surface area contributed by atoms with Crippen molar-refractivity contribution in [1.29, 1.82) is 0 Å². The Morgan fingerprint density at radius 3 is 2.46 bits per heavy atom. The first-order valence-electron chi connectivity index (χ1n) is 8.81. The molecule has 1 aromatic heterocycles. The van der Waals surface area contributed by atoms with E-state index in [1.54, 1.807) is 6.92 Å². The van der Waals surface area contributed by atoms with Gasteiger partial charge in [0.05, 0.1) is 12.3 Å². The number of benzene rings is 2. The third-order valence-corrected chi connectivity index (χ3v) is 4.71. The Hall–Kier alpha value is -3.03. The molecule has 3 aromatic rings. The fraction of sp³-hybridized carbons (Fsp3) is 0.190. The molecule has 2 aromatic carbocycles. The zero-order valence-corrected chi connectivity index (χ0v) is 16.5. The molecule has 0 aliphatic heterocycles. The van der Waals surface area contributed by atoms with Gasteiger partial charge in [-0.05, 0) is 24.6 Å². The van der Waals surface area contributed by atoms with E-state index in [2.05, 4.69) is 15.6 Å². The topological polar surface area (TPSA) is 80.3 Å². The lowest BCUT2D eigenvalue weighted by Crippen LogP contribution is -2.27. The van der Waals surface area contributed by atoms with Crippen LogP contribution in [0.15, 0.2) is 60.0 Å². The summed E-state index contributed by atoms with van der Waals surface area (Å²) in [4.78, 5) is 27.9. The normalized spacial score (nSPS) is 11.6. The van der Waals surface area contributed by atoms with Gasteiger partial charge in [0.1, 0.15) is 6.10 Å². The van der Waals surface area contributed by atoms with E-state index >= 15 is 0 Å². The van der Waals surface area contributed by atoms with Crippen molar-refractivity contribution in [2.24, 2.45) is 0 Å². The number of nitrogens with zero attached hydrogens (tertiary/aromatic N) is 1. The van der Waals surface area contributed by atoms with Gasteiger partial charge in [-0.2, -0.15) is 0 Å². The third-order valence-electron chi connectivity index (χ3n) is 3.95. The molecule has 0 saturated heterocycles. The highest BCUT2D eigenvalue weighted by Crippen LogP contribution is 2.26. The lowest BCUT2D eigenvalue weighted by molar-refractivity contribution is -0.127. The lowest BCUT2D eigenvalue weighted by atomic mass is 10.1. The SMILES string of the molecule is CC(=O)Nc1ccc(-c2csc(NC(=O)C(C)OCc3ccccc3)n2)cc1. The van der Waals surface area contributed by atoms with Crippen molar-refractivity contribution in [3.63, 3.8) is 0 Å². The van der Waals surface area contributed by atoms with Gasteiger partial charge >= 0.3 is 0 Å². The molecule has 0 spiro atoms. The molecule has 0 fully saturated rings. The monoisotopic (exact) mass is 395 g/mol. The van der Waals surface area contributed by atoms with E-state index in [1.807, 2.05) is 60.0 Å². The summed E-state index contributed by atoms with van der Waals surface area (Å²) in [6, 6.07) is 17.1. The number of carbonyl (C=O) groups is 2. The van der Waals surface area contributed by atoms with E-state index in [4.69, 9.17) is 4.74 Å². The van der Waals surface area contributed by atoms with Crippen LogP contribution in [0.5, 0.6) is 0 Å². The van der Waals surface area contributed by atoms with Crippen LogP contribution >= 0.6 is 11.3 Å². The third kappa shape index (κ3) is 5.48. The van der Waals surface area contributed by atoms with Crippen LogP contribution in [-0.4, -0.2) is 22.9 Å². The molecule has 0 bridgehead atoms. The van der Waals surface area contributed by atoms with Gasteiger partial charge in [0.25, 0.3) is 5.91 Å². The van der Waals surface area contributed by atoms with Gasteiger partial charge < -0.3 is 10.1 Å². The molecule has 6 nitrogen and oxygen atoms in total. The van der Waals surface area contributed by atoms with Crippen molar-refractivity contribution in [2.75, 3.05) is 10.6 Å². The summed E-state index contributed by atoms with van der Waals surface area (Å²) in [6.07, 6.45) is -0.593. The van der Waals surface area contributed by atoms with Crippen molar-refractivity contribution >= 4 is 34.0 Å². The predicted molar refractivity (Wildman–Crippen MR) is 111 cm³/mol. The molecule has 144 valence electrons. The van der Waals surface area contributed by atoms with Gasteiger partial charge in [0.15, 0.2) is 5.13 Å². The minimum atomic E-state index is -0.593. The number of ether oxygens (including phenoxy) is 1. The van der Waals surface area contributed by atoms with Crippen molar-refractivity contribution in [3.8, 4) is 11.3 Å². The summed E-state index contributed by atoms with van der Waals surface area (Å²) in [5.74, 6) is -0.354. The quantitative estimate of drug-likeness (QED) is 0.625. The van der Waals surface area contributed by atoms with Crippen LogP contribution in [0, 0.1) is 0 Å². The molecular weight excluding hydrogens is 374 g/mol. The van der Waals surface area contributed by atoms with E-state index in [1.165, 1.54) is 18.3 Å². The number of nitrogens with one attached hydrogen (secondary N) is 2. The molecule has 2 N–H and O–H groups in total. The minimum absolute atomic E-state index is 0.116. The van der Waals surface area contributed by atoms with Gasteiger partial charge in [-0.3, -0.25) is 14.9 Å². The van der Waals surface area contributed by atoms with E-state index < -0.39 is 6.10 Å². The molecule has 0 aliphatic carbocycles. The van der Waals surface area contributed by atoms with Crippen molar-refractivity contribution < 1.29 is 14.3 Å². The molecule has 0 aliphatic rings. The Labute approximate surface area is 167 Å². The summed E-state index contributed by atoms with van der Waals surface area (Å²) in [5, 5.41) is 7.90. The highest BCUT2D eigenvalue weighted by Gasteiger charge is 2.15. The Morgan fingerprint density at radius 1 is 1.07 bits per heavy atom. The smallest absolute Gasteiger partial charge is 0.255 e. The molecule has 0 radical (unpaired) electrons. The average molecular weight is 395 g/mol. The van der Waals surface area contributed by atoms with E-state index in [0.29, 0.717) is 11.7 Å². The maximum atomic E-state index is 12.3. The van der Waals surface area contributed by atoms with E-state index in [9.17, 15) is 9.59 Å². The summed E-state index contributed by atoms with van der Waals surface area (Å²) in [6.45, 7) is 3.56. The van der Waals surface area contributed by atoms with E-state index in [-0.39, 0.29) is 11.8 Å². The highest BCUT2D eigenvalue weighted by atomic mass is 32.1. The first kappa shape index (κ1) is 19.7. The average Bonchev–Trinajstić information content (AvgIpc) is 3.15. The van der Waals surface area contributed by atoms with Gasteiger partial charge in [-0.15, -0.1) is 11.3 Å². The number of amides is 2. The van der Waals surface area contributed by atoms with Gasteiger partial charge in [-0.25, -0.2) is 4.98 Å². The molecule has 7 heteroatoms. The molecule has 1 atom stereocenters. The number of rotatable bonds is 7. The Kier molecular flexibility index (Phi) is 6.52. The number of hydrogen-bond acceptors (Lipinski definition) is 5. The standard InChI is InChI=1S/C21H21N3O3S/c1-14(27-12-16-6-4-3-5-7-16)20(26)24-21-23-19(13-28-21)17-8-10-18(11-9-17)22-15(2)25/h3-11,13-14H,12H2,1-2H3,(H,22,25)(H,23,24,26). The second-order valence-electron chi connectivity index (χ2n) is 6.22. The van der Waals surface area contributed by atoms with Gasteiger partial charge in [0.2, 0.25) is 5.91 Å². The molecular formula is C21H21N3O3S. The number of hydrogen-bond donors (Lipinski definition) is 2. The summed E-state index contributed by atoms with van der Waals surface area (Å²) < 4.78 is 5.63. The zero-order valence-electron chi connectivity index (χ0n) is 15.6. The highest BCUT2D eigenvalue weighted by molar-refractivity contribution is 7.14. The van der Waals surface area contributed by atoms with Crippen LogP contribution in [0.1, 0.15) is 19.4 Å². The van der Waals surface area contributed by atoms with Gasteiger partial charge in [-0.1, -0.05) is 42.5 Å². The fourth-order valence-corrected chi connectivity index (χ4v) is 3.19. The van der Waals surface area contributed by atoms with Crippen LogP contribution in [0.4, 0.5) is 10.8 Å². The molecule has 2 amide bonds. The van der Waals surface area contributed by atoms with Crippen LogP contribution in [0.3, 0.4) is 0 Å². The Bertz CT molecular complexity index is 939. The van der Waals surface area contributed by atoms with Crippen molar-refractivity contribution in [1.82, 2.24) is 4.98 Å². The first-order chi connectivity index (χ1) is 13.5. The minimum Gasteiger partial charge on any atom is -0.364 e. The van der Waals surface area contributed by atoms with Crippen LogP contribution in [0.2, 0.25) is 0 Å². The fourth-order valence-electron chi connectivity index (χ4n) is 2.47. The van der Waals surface area contributed by atoms with E-state index in [0.717, 1.165) is 22.5 Å². The van der Waals surface area contributed by atoms with Crippen LogP contribution < -0.4 is 10.6 Å². The molecule has 0 saturated carbocycles. The molecule has 1 unspecified atom stereocenters. The summed E-state index contributed by atoms with van der Waals surface area (Å²) in [7, 11) is 0.